The summed E-state index contributed by atoms with van der Waals surface area (Å²) in [5, 5.41) is 0. The molecule has 3 rings (SSSR count). The van der Waals surface area contributed by atoms with Crippen LogP contribution in [0.2, 0.25) is 0 Å². The Morgan fingerprint density at radius 2 is 1.78 bits per heavy atom. The Morgan fingerprint density at radius 3 is 2.48 bits per heavy atom. The average molecular weight is 402 g/mol. The van der Waals surface area contributed by atoms with E-state index >= 15 is 0 Å². The van der Waals surface area contributed by atoms with Gasteiger partial charge in [-0.1, -0.05) is 15.9 Å². The number of ether oxygens (including phenoxy) is 2. The van der Waals surface area contributed by atoms with Gasteiger partial charge in [0.25, 0.3) is 10.0 Å². The first-order valence-corrected chi connectivity index (χ1v) is 8.96. The molecule has 0 N–H and O–H groups in total. The van der Waals surface area contributed by atoms with Crippen LogP contribution in [0.25, 0.3) is 0 Å². The van der Waals surface area contributed by atoms with E-state index < -0.39 is 15.8 Å². The maximum atomic E-state index is 14.0. The van der Waals surface area contributed by atoms with Crippen molar-refractivity contribution < 1.29 is 22.3 Å². The van der Waals surface area contributed by atoms with Crippen molar-refractivity contribution in [2.75, 3.05) is 24.6 Å². The molecule has 2 aromatic rings. The molecule has 1 aliphatic rings. The molecule has 0 aromatic heterocycles. The first-order chi connectivity index (χ1) is 10.9. The third kappa shape index (κ3) is 3.00. The summed E-state index contributed by atoms with van der Waals surface area (Å²) in [4.78, 5) is 0.00608. The normalized spacial score (nSPS) is 13.7. The minimum atomic E-state index is -3.92. The molecule has 0 spiro atoms. The topological polar surface area (TPSA) is 55.8 Å². The second-order valence-electron chi connectivity index (χ2n) is 4.87. The number of hydrogen-bond acceptors (Lipinski definition) is 4. The largest absolute Gasteiger partial charge is 0.486 e. The predicted molar refractivity (Wildman–Crippen MR) is 87.1 cm³/mol. The molecule has 5 nitrogen and oxygen atoms in total. The van der Waals surface area contributed by atoms with Gasteiger partial charge < -0.3 is 9.47 Å². The zero-order valence-corrected chi connectivity index (χ0v) is 14.5. The molecule has 122 valence electrons. The highest BCUT2D eigenvalue weighted by Crippen LogP contribution is 2.34. The summed E-state index contributed by atoms with van der Waals surface area (Å²) in [5.41, 5.74) is -0.0388. The molecule has 0 bridgehead atoms. The zero-order chi connectivity index (χ0) is 16.6. The molecular formula is C15H13BrFNO4S. The smallest absolute Gasteiger partial charge is 0.264 e. The van der Waals surface area contributed by atoms with Crippen molar-refractivity contribution in [3.05, 3.63) is 46.7 Å². The fourth-order valence-corrected chi connectivity index (χ4v) is 3.76. The van der Waals surface area contributed by atoms with Crippen LogP contribution in [0.5, 0.6) is 11.5 Å². The van der Waals surface area contributed by atoms with Crippen LogP contribution >= 0.6 is 15.9 Å². The van der Waals surface area contributed by atoms with Gasteiger partial charge in [0, 0.05) is 17.6 Å². The molecule has 8 heteroatoms. The predicted octanol–water partition coefficient (Wildman–Crippen LogP) is 3.18. The number of anilines is 1. The van der Waals surface area contributed by atoms with Crippen LogP contribution in [0.3, 0.4) is 0 Å². The van der Waals surface area contributed by atoms with Gasteiger partial charge in [-0.15, -0.1) is 0 Å². The van der Waals surface area contributed by atoms with Gasteiger partial charge in [-0.2, -0.15) is 0 Å². The number of halogens is 2. The highest BCUT2D eigenvalue weighted by atomic mass is 79.9. The highest BCUT2D eigenvalue weighted by Gasteiger charge is 2.25. The van der Waals surface area contributed by atoms with Crippen LogP contribution in [0.1, 0.15) is 0 Å². The minimum absolute atomic E-state index is 0.00608. The van der Waals surface area contributed by atoms with Crippen LogP contribution in [0, 0.1) is 5.82 Å². The molecule has 1 aliphatic heterocycles. The van der Waals surface area contributed by atoms with Crippen LogP contribution in [0.15, 0.2) is 45.8 Å². The Hall–Kier alpha value is -1.80. The van der Waals surface area contributed by atoms with Crippen molar-refractivity contribution in [2.45, 2.75) is 4.90 Å². The van der Waals surface area contributed by atoms with E-state index in [0.29, 0.717) is 29.2 Å². The van der Waals surface area contributed by atoms with E-state index in [0.717, 1.165) is 4.31 Å². The fraction of sp³-hybridized carbons (Fsp3) is 0.200. The monoisotopic (exact) mass is 401 g/mol. The lowest BCUT2D eigenvalue weighted by atomic mass is 10.3. The molecular weight excluding hydrogens is 389 g/mol. The van der Waals surface area contributed by atoms with E-state index in [-0.39, 0.29) is 10.6 Å². The van der Waals surface area contributed by atoms with Crippen molar-refractivity contribution in [2.24, 2.45) is 0 Å². The van der Waals surface area contributed by atoms with Gasteiger partial charge in [-0.3, -0.25) is 4.31 Å². The van der Waals surface area contributed by atoms with E-state index in [1.165, 1.54) is 37.4 Å². The maximum absolute atomic E-state index is 14.0. The molecule has 0 fully saturated rings. The lowest BCUT2D eigenvalue weighted by molar-refractivity contribution is 0.171. The maximum Gasteiger partial charge on any atom is 0.264 e. The van der Waals surface area contributed by atoms with Crippen molar-refractivity contribution in [1.82, 2.24) is 0 Å². The first kappa shape index (κ1) is 16.1. The Balaban J connectivity index is 2.00. The molecule has 0 radical (unpaired) electrons. The third-order valence-corrected chi connectivity index (χ3v) is 5.68. The lowest BCUT2D eigenvalue weighted by Crippen LogP contribution is -2.27. The fourth-order valence-electron chi connectivity index (χ4n) is 2.21. The Bertz CT molecular complexity index is 857. The van der Waals surface area contributed by atoms with Crippen LogP contribution in [-0.2, 0) is 10.0 Å². The van der Waals surface area contributed by atoms with E-state index in [9.17, 15) is 12.8 Å². The summed E-state index contributed by atoms with van der Waals surface area (Å²) in [7, 11) is -2.61. The van der Waals surface area contributed by atoms with Crippen molar-refractivity contribution in [1.29, 1.82) is 0 Å². The molecule has 0 atom stereocenters. The van der Waals surface area contributed by atoms with Crippen molar-refractivity contribution >= 4 is 31.6 Å². The number of sulfonamides is 1. The van der Waals surface area contributed by atoms with E-state index in [1.54, 1.807) is 6.07 Å². The second kappa shape index (κ2) is 6.01. The van der Waals surface area contributed by atoms with Gasteiger partial charge in [0.15, 0.2) is 11.5 Å². The molecule has 23 heavy (non-hydrogen) atoms. The number of nitrogens with zero attached hydrogens (tertiary/aromatic N) is 1. The van der Waals surface area contributed by atoms with Crippen LogP contribution in [-0.4, -0.2) is 28.7 Å². The van der Waals surface area contributed by atoms with E-state index in [1.807, 2.05) is 0 Å². The Morgan fingerprint density at radius 1 is 1.09 bits per heavy atom. The molecule has 0 saturated heterocycles. The number of fused-ring (bicyclic) bond motifs is 1. The highest BCUT2D eigenvalue weighted by molar-refractivity contribution is 9.10. The molecule has 0 saturated carbocycles. The molecule has 0 aliphatic carbocycles. The quantitative estimate of drug-likeness (QED) is 0.792. The number of rotatable bonds is 3. The Labute approximate surface area is 141 Å². The second-order valence-corrected chi connectivity index (χ2v) is 7.76. The molecule has 1 heterocycles. The summed E-state index contributed by atoms with van der Waals surface area (Å²) < 4.78 is 51.7. The summed E-state index contributed by atoms with van der Waals surface area (Å²) in [6, 6.07) is 8.52. The van der Waals surface area contributed by atoms with Crippen molar-refractivity contribution in [3.63, 3.8) is 0 Å². The van der Waals surface area contributed by atoms with E-state index in [4.69, 9.17) is 9.47 Å². The standard InChI is InChI=1S/C15H13BrFNO4S/c1-18(13-4-2-10(16)8-12(13)17)23(19,20)11-3-5-14-15(9-11)22-7-6-21-14/h2-5,8-9H,6-7H2,1H3. The number of hydrogen-bond donors (Lipinski definition) is 0. The van der Waals surface area contributed by atoms with Crippen molar-refractivity contribution in [3.8, 4) is 11.5 Å². The van der Waals surface area contributed by atoms with Gasteiger partial charge in [0.2, 0.25) is 0 Å². The van der Waals surface area contributed by atoms with Gasteiger partial charge in [0.1, 0.15) is 19.0 Å². The number of benzene rings is 2. The SMILES string of the molecule is CN(c1ccc(Br)cc1F)S(=O)(=O)c1ccc2c(c1)OCCO2. The average Bonchev–Trinajstić information content (AvgIpc) is 2.53. The van der Waals surface area contributed by atoms with Crippen LogP contribution < -0.4 is 13.8 Å². The summed E-state index contributed by atoms with van der Waals surface area (Å²) in [6.07, 6.45) is 0. The molecule has 0 unspecified atom stereocenters. The van der Waals surface area contributed by atoms with E-state index in [2.05, 4.69) is 15.9 Å². The van der Waals surface area contributed by atoms with Gasteiger partial charge in [-0.05, 0) is 30.3 Å². The van der Waals surface area contributed by atoms with Gasteiger partial charge >= 0.3 is 0 Å². The molecule has 0 amide bonds. The Kier molecular flexibility index (Phi) is 4.20. The molecule has 2 aromatic carbocycles. The summed E-state index contributed by atoms with van der Waals surface area (Å²) >= 11 is 3.14. The minimum Gasteiger partial charge on any atom is -0.486 e. The summed E-state index contributed by atoms with van der Waals surface area (Å²) in [5.74, 6) is 0.220. The van der Waals surface area contributed by atoms with Gasteiger partial charge in [0.05, 0.1) is 10.6 Å². The third-order valence-electron chi connectivity index (χ3n) is 3.42. The van der Waals surface area contributed by atoms with Crippen LogP contribution in [0.4, 0.5) is 10.1 Å². The lowest BCUT2D eigenvalue weighted by Gasteiger charge is -2.22. The zero-order valence-electron chi connectivity index (χ0n) is 12.1. The first-order valence-electron chi connectivity index (χ1n) is 6.73. The summed E-state index contributed by atoms with van der Waals surface area (Å²) in [6.45, 7) is 0.775. The van der Waals surface area contributed by atoms with Gasteiger partial charge in [-0.25, -0.2) is 12.8 Å².